The van der Waals surface area contributed by atoms with Gasteiger partial charge in [-0.3, -0.25) is 10.4 Å². The van der Waals surface area contributed by atoms with E-state index in [1.54, 1.807) is 0 Å². The fraction of sp³-hybridized carbons (Fsp3) is 0.923. The van der Waals surface area contributed by atoms with Crippen molar-refractivity contribution in [3.63, 3.8) is 0 Å². The lowest BCUT2D eigenvalue weighted by molar-refractivity contribution is 0.246. The van der Waals surface area contributed by atoms with E-state index in [0.717, 1.165) is 18.4 Å². The zero-order chi connectivity index (χ0) is 12.8. The highest BCUT2D eigenvalue weighted by atomic mass is 15.3. The molecule has 100 valence electrons. The van der Waals surface area contributed by atoms with Gasteiger partial charge in [-0.2, -0.15) is 0 Å². The van der Waals surface area contributed by atoms with E-state index in [-0.39, 0.29) is 0 Å². The van der Waals surface area contributed by atoms with Crippen molar-refractivity contribution in [1.29, 1.82) is 0 Å². The van der Waals surface area contributed by atoms with Gasteiger partial charge in [-0.05, 0) is 37.0 Å². The Hall–Kier alpha value is -0.770. The Morgan fingerprint density at radius 2 is 2.06 bits per heavy atom. The van der Waals surface area contributed by atoms with E-state index >= 15 is 0 Å². The van der Waals surface area contributed by atoms with Gasteiger partial charge in [-0.25, -0.2) is 5.84 Å². The smallest absolute Gasteiger partial charge is 0.205 e. The zero-order valence-corrected chi connectivity index (χ0v) is 11.7. The van der Waals surface area contributed by atoms with Crippen molar-refractivity contribution in [3.05, 3.63) is 0 Å². The number of nitrogens with two attached hydrogens (primary N) is 1. The van der Waals surface area contributed by atoms with Gasteiger partial charge in [0, 0.05) is 12.6 Å². The third kappa shape index (κ3) is 4.94. The number of hydrazine groups is 1. The maximum absolute atomic E-state index is 5.51. The summed E-state index contributed by atoms with van der Waals surface area (Å²) in [5.74, 6) is 8.35. The molecule has 1 aliphatic rings. The average molecular weight is 240 g/mol. The summed E-state index contributed by atoms with van der Waals surface area (Å²) < 4.78 is 0. The predicted molar refractivity (Wildman–Crippen MR) is 73.6 cm³/mol. The van der Waals surface area contributed by atoms with Crippen LogP contribution in [0.4, 0.5) is 0 Å². The summed E-state index contributed by atoms with van der Waals surface area (Å²) >= 11 is 0. The monoisotopic (exact) mass is 240 g/mol. The van der Waals surface area contributed by atoms with Gasteiger partial charge >= 0.3 is 0 Å². The molecule has 0 heterocycles. The molecule has 0 aliphatic heterocycles. The van der Waals surface area contributed by atoms with Crippen LogP contribution in [-0.2, 0) is 0 Å². The van der Waals surface area contributed by atoms with Crippen LogP contribution in [0.25, 0.3) is 0 Å². The SMILES string of the molecule is CC(C)CN=C(NN)NC1CCC(C)CC1C. The van der Waals surface area contributed by atoms with Crippen LogP contribution in [0, 0.1) is 17.8 Å². The van der Waals surface area contributed by atoms with Crippen molar-refractivity contribution in [3.8, 4) is 0 Å². The highest BCUT2D eigenvalue weighted by molar-refractivity contribution is 5.79. The van der Waals surface area contributed by atoms with E-state index in [0.29, 0.717) is 17.9 Å². The first-order chi connectivity index (χ1) is 8.02. The average Bonchev–Trinajstić information content (AvgIpc) is 2.26. The minimum atomic E-state index is 0.508. The third-order valence-corrected chi connectivity index (χ3v) is 3.50. The van der Waals surface area contributed by atoms with Gasteiger partial charge < -0.3 is 5.32 Å². The largest absolute Gasteiger partial charge is 0.352 e. The molecule has 0 radical (unpaired) electrons. The summed E-state index contributed by atoms with van der Waals surface area (Å²) in [5, 5.41) is 3.45. The number of guanidine groups is 1. The van der Waals surface area contributed by atoms with Gasteiger partial charge in [0.25, 0.3) is 0 Å². The van der Waals surface area contributed by atoms with Crippen LogP contribution in [0.1, 0.15) is 47.0 Å². The molecule has 0 saturated heterocycles. The highest BCUT2D eigenvalue weighted by Gasteiger charge is 2.25. The zero-order valence-electron chi connectivity index (χ0n) is 11.7. The molecule has 1 aliphatic carbocycles. The Kier molecular flexibility index (Phi) is 5.75. The van der Waals surface area contributed by atoms with Crippen LogP contribution >= 0.6 is 0 Å². The summed E-state index contributed by atoms with van der Waals surface area (Å²) in [6.45, 7) is 9.76. The van der Waals surface area contributed by atoms with Crippen LogP contribution < -0.4 is 16.6 Å². The third-order valence-electron chi connectivity index (χ3n) is 3.50. The minimum Gasteiger partial charge on any atom is -0.352 e. The summed E-state index contributed by atoms with van der Waals surface area (Å²) in [6, 6.07) is 0.508. The van der Waals surface area contributed by atoms with Crippen molar-refractivity contribution in [2.45, 2.75) is 53.0 Å². The van der Waals surface area contributed by atoms with Crippen LogP contribution in [0.15, 0.2) is 4.99 Å². The van der Waals surface area contributed by atoms with Crippen molar-refractivity contribution in [2.75, 3.05) is 6.54 Å². The Balaban J connectivity index is 2.47. The molecule has 4 nitrogen and oxygen atoms in total. The van der Waals surface area contributed by atoms with Crippen molar-refractivity contribution >= 4 is 5.96 Å². The first kappa shape index (κ1) is 14.3. The Bertz CT molecular complexity index is 250. The van der Waals surface area contributed by atoms with Crippen LogP contribution in [0.2, 0.25) is 0 Å². The molecule has 0 bridgehead atoms. The molecule has 3 atom stereocenters. The van der Waals surface area contributed by atoms with E-state index in [2.05, 4.69) is 43.4 Å². The molecule has 0 amide bonds. The highest BCUT2D eigenvalue weighted by Crippen LogP contribution is 2.28. The second kappa shape index (κ2) is 6.84. The van der Waals surface area contributed by atoms with Crippen molar-refractivity contribution < 1.29 is 0 Å². The van der Waals surface area contributed by atoms with Gasteiger partial charge in [0.1, 0.15) is 0 Å². The van der Waals surface area contributed by atoms with Crippen LogP contribution in [0.3, 0.4) is 0 Å². The van der Waals surface area contributed by atoms with Gasteiger partial charge in [0.2, 0.25) is 5.96 Å². The van der Waals surface area contributed by atoms with E-state index < -0.39 is 0 Å². The Morgan fingerprint density at radius 3 is 2.59 bits per heavy atom. The summed E-state index contributed by atoms with van der Waals surface area (Å²) in [6.07, 6.45) is 3.80. The standard InChI is InChI=1S/C13H28N4/c1-9(2)8-15-13(17-14)16-12-6-5-10(3)7-11(12)4/h9-12H,5-8,14H2,1-4H3,(H2,15,16,17). The topological polar surface area (TPSA) is 62.4 Å². The number of aliphatic imine (C=N–C) groups is 1. The molecular weight excluding hydrogens is 212 g/mol. The van der Waals surface area contributed by atoms with Gasteiger partial charge in [0.15, 0.2) is 0 Å². The molecule has 4 heteroatoms. The van der Waals surface area contributed by atoms with Gasteiger partial charge in [0.05, 0.1) is 0 Å². The van der Waals surface area contributed by atoms with Gasteiger partial charge in [-0.1, -0.05) is 27.7 Å². The molecule has 1 saturated carbocycles. The summed E-state index contributed by atoms with van der Waals surface area (Å²) in [4.78, 5) is 4.46. The number of rotatable bonds is 3. The lowest BCUT2D eigenvalue weighted by atomic mass is 9.80. The molecule has 4 N–H and O–H groups in total. The number of hydrogen-bond acceptors (Lipinski definition) is 2. The first-order valence-corrected chi connectivity index (χ1v) is 6.80. The molecule has 17 heavy (non-hydrogen) atoms. The van der Waals surface area contributed by atoms with Crippen molar-refractivity contribution in [1.82, 2.24) is 10.7 Å². The van der Waals surface area contributed by atoms with E-state index in [1.165, 1.54) is 19.3 Å². The first-order valence-electron chi connectivity index (χ1n) is 6.80. The molecule has 0 spiro atoms. The van der Waals surface area contributed by atoms with Crippen molar-refractivity contribution in [2.24, 2.45) is 28.6 Å². The second-order valence-electron chi connectivity index (χ2n) is 5.87. The fourth-order valence-electron chi connectivity index (χ4n) is 2.46. The maximum atomic E-state index is 5.51. The second-order valence-corrected chi connectivity index (χ2v) is 5.87. The predicted octanol–water partition coefficient (Wildman–Crippen LogP) is 1.88. The van der Waals surface area contributed by atoms with Crippen LogP contribution in [-0.4, -0.2) is 18.5 Å². The number of nitrogens with zero attached hydrogens (tertiary/aromatic N) is 1. The Labute approximate surface area is 105 Å². The lowest BCUT2D eigenvalue weighted by Crippen LogP contribution is -2.50. The molecule has 3 unspecified atom stereocenters. The summed E-state index contributed by atoms with van der Waals surface area (Å²) in [5.41, 5.74) is 2.68. The fourth-order valence-corrected chi connectivity index (χ4v) is 2.46. The number of hydrogen-bond donors (Lipinski definition) is 3. The maximum Gasteiger partial charge on any atom is 0.205 e. The number of nitrogens with one attached hydrogen (secondary N) is 2. The molecule has 1 rings (SSSR count). The van der Waals surface area contributed by atoms with Crippen LogP contribution in [0.5, 0.6) is 0 Å². The van der Waals surface area contributed by atoms with Gasteiger partial charge in [-0.15, -0.1) is 0 Å². The van der Waals surface area contributed by atoms with E-state index in [9.17, 15) is 0 Å². The minimum absolute atomic E-state index is 0.508. The lowest BCUT2D eigenvalue weighted by Gasteiger charge is -2.33. The van der Waals surface area contributed by atoms with E-state index in [1.807, 2.05) is 0 Å². The molecule has 0 aromatic carbocycles. The molecular formula is C13H28N4. The molecule has 0 aromatic heterocycles. The normalized spacial score (nSPS) is 30.5. The quantitative estimate of drug-likeness (QED) is 0.305. The Morgan fingerprint density at radius 1 is 1.35 bits per heavy atom. The summed E-state index contributed by atoms with van der Waals surface area (Å²) in [7, 11) is 0. The molecule has 1 fully saturated rings. The molecule has 0 aromatic rings. The van der Waals surface area contributed by atoms with E-state index in [4.69, 9.17) is 5.84 Å².